The van der Waals surface area contributed by atoms with Crippen molar-refractivity contribution in [3.63, 3.8) is 0 Å². The van der Waals surface area contributed by atoms with Crippen molar-refractivity contribution in [2.75, 3.05) is 20.4 Å². The summed E-state index contributed by atoms with van der Waals surface area (Å²) < 4.78 is 22.4. The molecule has 0 aliphatic carbocycles. The fraction of sp³-hybridized carbons (Fsp3) is 0.267. The Morgan fingerprint density at radius 1 is 1.40 bits per heavy atom. The van der Waals surface area contributed by atoms with E-state index in [9.17, 15) is 14.3 Å². The van der Waals surface area contributed by atoms with Gasteiger partial charge >= 0.3 is 0 Å². The number of halogens is 1. The van der Waals surface area contributed by atoms with Crippen LogP contribution in [-0.4, -0.2) is 31.3 Å². The van der Waals surface area contributed by atoms with Crippen molar-refractivity contribution in [2.24, 2.45) is 0 Å². The van der Waals surface area contributed by atoms with E-state index in [1.807, 2.05) is 0 Å². The molecule has 0 spiro atoms. The van der Waals surface area contributed by atoms with Crippen LogP contribution in [0.25, 0.3) is 6.08 Å². The molecule has 0 aromatic heterocycles. The van der Waals surface area contributed by atoms with Crippen LogP contribution in [0.15, 0.2) is 36.1 Å². The lowest BCUT2D eigenvalue weighted by molar-refractivity contribution is -0.112. The van der Waals surface area contributed by atoms with E-state index in [0.717, 1.165) is 11.6 Å². The Morgan fingerprint density at radius 2 is 2.15 bits per heavy atom. The summed E-state index contributed by atoms with van der Waals surface area (Å²) in [5.74, 6) is 0.551. The quantitative estimate of drug-likeness (QED) is 0.474. The highest BCUT2D eigenvalue weighted by atomic mass is 19.1. The minimum Gasteiger partial charge on any atom is -0.508 e. The summed E-state index contributed by atoms with van der Waals surface area (Å²) in [6.45, 7) is 0.742. The van der Waals surface area contributed by atoms with Crippen LogP contribution in [-0.2, 0) is 4.79 Å². The van der Waals surface area contributed by atoms with Gasteiger partial charge in [0.05, 0.1) is 7.11 Å². The number of aliphatic hydroxyl groups is 1. The molecule has 0 heterocycles. The number of benzene rings is 1. The van der Waals surface area contributed by atoms with Crippen molar-refractivity contribution in [2.45, 2.75) is 6.92 Å². The van der Waals surface area contributed by atoms with E-state index in [0.29, 0.717) is 11.5 Å². The Kier molecular flexibility index (Phi) is 6.29. The summed E-state index contributed by atoms with van der Waals surface area (Å²) in [5, 5.41) is 9.43. The number of aliphatic hydroxyl groups excluding tert-OH is 1. The average Bonchev–Trinajstić information content (AvgIpc) is 2.42. The maximum absolute atomic E-state index is 12.1. The van der Waals surface area contributed by atoms with E-state index in [-0.39, 0.29) is 18.1 Å². The maximum atomic E-state index is 12.1. The molecule has 0 saturated heterocycles. The largest absolute Gasteiger partial charge is 0.508 e. The van der Waals surface area contributed by atoms with Gasteiger partial charge in [0.2, 0.25) is 0 Å². The zero-order valence-corrected chi connectivity index (χ0v) is 11.4. The van der Waals surface area contributed by atoms with E-state index in [1.165, 1.54) is 20.1 Å². The van der Waals surface area contributed by atoms with Gasteiger partial charge in [-0.2, -0.15) is 0 Å². The van der Waals surface area contributed by atoms with Gasteiger partial charge in [0.1, 0.15) is 19.0 Å². The van der Waals surface area contributed by atoms with E-state index in [2.05, 4.69) is 0 Å². The zero-order chi connectivity index (χ0) is 15.0. The summed E-state index contributed by atoms with van der Waals surface area (Å²) >= 11 is 0. The first-order chi connectivity index (χ1) is 9.56. The molecule has 108 valence electrons. The lowest BCUT2D eigenvalue weighted by Gasteiger charge is -2.09. The third-order valence-corrected chi connectivity index (χ3v) is 2.32. The van der Waals surface area contributed by atoms with Crippen molar-refractivity contribution in [3.8, 4) is 11.5 Å². The number of ether oxygens (including phenoxy) is 2. The van der Waals surface area contributed by atoms with Gasteiger partial charge in [-0.25, -0.2) is 4.39 Å². The standard InChI is InChI=1S/C15H17FO4/c1-11(17)9-13(18)5-3-12-4-6-14(20-8-7-16)15(10-12)19-2/h3-6,9-10,18H,7-8H2,1-2H3/b5-3+,13-9-. The molecular weight excluding hydrogens is 263 g/mol. The van der Waals surface area contributed by atoms with Crippen molar-refractivity contribution < 1.29 is 23.8 Å². The molecule has 1 aromatic rings. The molecule has 0 amide bonds. The molecule has 0 aliphatic rings. The smallest absolute Gasteiger partial charge is 0.161 e. The van der Waals surface area contributed by atoms with E-state index < -0.39 is 6.67 Å². The maximum Gasteiger partial charge on any atom is 0.161 e. The summed E-state index contributed by atoms with van der Waals surface area (Å²) in [6, 6.07) is 5.07. The molecule has 20 heavy (non-hydrogen) atoms. The number of rotatable bonds is 7. The SMILES string of the molecule is COc1cc(/C=C/C(O)=C/C(C)=O)ccc1OCCF. The number of carbonyl (C=O) groups is 1. The van der Waals surface area contributed by atoms with Crippen molar-refractivity contribution in [1.29, 1.82) is 0 Å². The third-order valence-electron chi connectivity index (χ3n) is 2.32. The molecule has 0 radical (unpaired) electrons. The van der Waals surface area contributed by atoms with E-state index in [1.54, 1.807) is 24.3 Å². The minimum absolute atomic E-state index is 0.0340. The molecule has 0 unspecified atom stereocenters. The molecule has 0 saturated carbocycles. The van der Waals surface area contributed by atoms with Crippen molar-refractivity contribution in [1.82, 2.24) is 0 Å². The molecule has 0 aliphatic heterocycles. The number of allylic oxidation sites excluding steroid dienone is 2. The minimum atomic E-state index is -0.575. The van der Waals surface area contributed by atoms with Crippen LogP contribution < -0.4 is 9.47 Å². The second kappa shape index (κ2) is 7.99. The van der Waals surface area contributed by atoms with Crippen LogP contribution in [0.2, 0.25) is 0 Å². The average molecular weight is 280 g/mol. The monoisotopic (exact) mass is 280 g/mol. The van der Waals surface area contributed by atoms with Crippen LogP contribution in [0.4, 0.5) is 4.39 Å². The van der Waals surface area contributed by atoms with Gasteiger partial charge in [0.25, 0.3) is 0 Å². The Hall–Kier alpha value is -2.30. The molecule has 0 fully saturated rings. The lowest BCUT2D eigenvalue weighted by atomic mass is 10.1. The predicted molar refractivity (Wildman–Crippen MR) is 74.9 cm³/mol. The Balaban J connectivity index is 2.87. The highest BCUT2D eigenvalue weighted by Gasteiger charge is 2.04. The fourth-order valence-electron chi connectivity index (χ4n) is 1.49. The second-order valence-corrected chi connectivity index (χ2v) is 3.96. The predicted octanol–water partition coefficient (Wildman–Crippen LogP) is 3.09. The first kappa shape index (κ1) is 15.8. The highest BCUT2D eigenvalue weighted by Crippen LogP contribution is 2.28. The topological polar surface area (TPSA) is 55.8 Å². The number of methoxy groups -OCH3 is 1. The van der Waals surface area contributed by atoms with Crippen LogP contribution in [0.5, 0.6) is 11.5 Å². The van der Waals surface area contributed by atoms with Gasteiger partial charge < -0.3 is 14.6 Å². The first-order valence-corrected chi connectivity index (χ1v) is 6.03. The van der Waals surface area contributed by atoms with Gasteiger partial charge in [-0.15, -0.1) is 0 Å². The zero-order valence-electron chi connectivity index (χ0n) is 11.4. The molecule has 1 rings (SSSR count). The van der Waals surface area contributed by atoms with E-state index in [4.69, 9.17) is 9.47 Å². The third kappa shape index (κ3) is 5.14. The number of hydrogen-bond acceptors (Lipinski definition) is 4. The molecule has 1 N–H and O–H groups in total. The second-order valence-electron chi connectivity index (χ2n) is 3.96. The van der Waals surface area contributed by atoms with Crippen molar-refractivity contribution >= 4 is 11.9 Å². The van der Waals surface area contributed by atoms with E-state index >= 15 is 0 Å². The van der Waals surface area contributed by atoms with Crippen LogP contribution in [0, 0.1) is 0 Å². The molecule has 5 heteroatoms. The van der Waals surface area contributed by atoms with Gasteiger partial charge in [-0.3, -0.25) is 4.79 Å². The highest BCUT2D eigenvalue weighted by molar-refractivity contribution is 5.88. The number of ketones is 1. The Labute approximate surface area is 117 Å². The van der Waals surface area contributed by atoms with Crippen LogP contribution in [0.1, 0.15) is 12.5 Å². The van der Waals surface area contributed by atoms with Crippen LogP contribution >= 0.6 is 0 Å². The van der Waals surface area contributed by atoms with Crippen molar-refractivity contribution in [3.05, 3.63) is 41.7 Å². The summed E-state index contributed by atoms with van der Waals surface area (Å²) in [6.07, 6.45) is 4.14. The molecule has 1 aromatic carbocycles. The normalized spacial score (nSPS) is 11.7. The molecule has 0 bridgehead atoms. The van der Waals surface area contributed by atoms with Crippen LogP contribution in [0.3, 0.4) is 0 Å². The first-order valence-electron chi connectivity index (χ1n) is 6.03. The fourth-order valence-corrected chi connectivity index (χ4v) is 1.49. The van der Waals surface area contributed by atoms with Gasteiger partial charge in [-0.05, 0) is 30.7 Å². The lowest BCUT2D eigenvalue weighted by Crippen LogP contribution is -2.00. The van der Waals surface area contributed by atoms with Gasteiger partial charge in [0, 0.05) is 6.08 Å². The Morgan fingerprint density at radius 3 is 2.75 bits per heavy atom. The van der Waals surface area contributed by atoms with Gasteiger partial charge in [-0.1, -0.05) is 12.1 Å². The number of hydrogen-bond donors (Lipinski definition) is 1. The summed E-state index contributed by atoms with van der Waals surface area (Å²) in [5.41, 5.74) is 0.748. The molecule has 0 atom stereocenters. The number of alkyl halides is 1. The summed E-state index contributed by atoms with van der Waals surface area (Å²) in [4.78, 5) is 10.8. The summed E-state index contributed by atoms with van der Waals surface area (Å²) in [7, 11) is 1.48. The number of carbonyl (C=O) groups excluding carboxylic acids is 1. The molecular formula is C15H17FO4. The van der Waals surface area contributed by atoms with Gasteiger partial charge in [0.15, 0.2) is 17.3 Å². The molecule has 4 nitrogen and oxygen atoms in total. The Bertz CT molecular complexity index is 521.